The predicted molar refractivity (Wildman–Crippen MR) is 81.7 cm³/mol. The van der Waals surface area contributed by atoms with E-state index in [1.807, 2.05) is 31.2 Å². The largest absolute Gasteiger partial charge is 0.378 e. The maximum Gasteiger partial charge on any atom is 0.259 e. The first-order valence-corrected chi connectivity index (χ1v) is 6.94. The summed E-state index contributed by atoms with van der Waals surface area (Å²) in [5, 5.41) is 6.26. The molecule has 2 aromatic carbocycles. The highest BCUT2D eigenvalue weighted by Gasteiger charge is 2.26. The van der Waals surface area contributed by atoms with Crippen LogP contribution in [0, 0.1) is 0 Å². The van der Waals surface area contributed by atoms with Crippen LogP contribution in [0.2, 0.25) is 5.02 Å². The van der Waals surface area contributed by atoms with Crippen molar-refractivity contribution in [1.29, 1.82) is 0 Å². The number of benzene rings is 2. The molecule has 2 N–H and O–H groups in total. The number of amides is 2. The van der Waals surface area contributed by atoms with Gasteiger partial charge in [0.2, 0.25) is 0 Å². The van der Waals surface area contributed by atoms with Gasteiger partial charge in [-0.3, -0.25) is 14.9 Å². The van der Waals surface area contributed by atoms with Gasteiger partial charge in [-0.25, -0.2) is 0 Å². The number of fused-ring (bicyclic) bond motifs is 1. The molecule has 1 heterocycles. The summed E-state index contributed by atoms with van der Waals surface area (Å²) in [5.41, 5.74) is 2.65. The molecule has 1 aliphatic rings. The van der Waals surface area contributed by atoms with Gasteiger partial charge in [-0.2, -0.15) is 0 Å². The topological polar surface area (TPSA) is 58.2 Å². The minimum Gasteiger partial charge on any atom is -0.378 e. The second kappa shape index (κ2) is 5.22. The molecule has 0 aromatic heterocycles. The number of carbonyl (C=O) groups is 2. The molecule has 0 spiro atoms. The van der Waals surface area contributed by atoms with E-state index in [9.17, 15) is 9.59 Å². The fourth-order valence-electron chi connectivity index (χ4n) is 2.37. The van der Waals surface area contributed by atoms with E-state index in [0.717, 1.165) is 11.3 Å². The molecular formula is C16H13ClN2O2. The summed E-state index contributed by atoms with van der Waals surface area (Å²) in [4.78, 5) is 23.2. The van der Waals surface area contributed by atoms with E-state index >= 15 is 0 Å². The van der Waals surface area contributed by atoms with E-state index in [0.29, 0.717) is 16.1 Å². The molecule has 0 saturated heterocycles. The Morgan fingerprint density at radius 2 is 1.81 bits per heavy atom. The summed E-state index contributed by atoms with van der Waals surface area (Å²) in [5.74, 6) is -0.696. The van der Waals surface area contributed by atoms with Crippen molar-refractivity contribution >= 4 is 29.1 Å². The lowest BCUT2D eigenvalue weighted by atomic mass is 10.1. The zero-order chi connectivity index (χ0) is 15.0. The SMILES string of the molecule is CC(Nc1ccc2c(c1)C(=O)NC2=O)c1cccc(Cl)c1. The highest BCUT2D eigenvalue weighted by atomic mass is 35.5. The molecule has 4 nitrogen and oxygen atoms in total. The van der Waals surface area contributed by atoms with Crippen LogP contribution in [0.3, 0.4) is 0 Å². The van der Waals surface area contributed by atoms with Crippen molar-refractivity contribution in [3.63, 3.8) is 0 Å². The Morgan fingerprint density at radius 3 is 2.57 bits per heavy atom. The average molecular weight is 301 g/mol. The van der Waals surface area contributed by atoms with Gasteiger partial charge in [0.25, 0.3) is 11.8 Å². The molecular weight excluding hydrogens is 288 g/mol. The van der Waals surface area contributed by atoms with E-state index in [1.165, 1.54) is 0 Å². The monoisotopic (exact) mass is 300 g/mol. The summed E-state index contributed by atoms with van der Waals surface area (Å²) >= 11 is 5.99. The Labute approximate surface area is 127 Å². The van der Waals surface area contributed by atoms with Gasteiger partial charge < -0.3 is 5.32 Å². The van der Waals surface area contributed by atoms with Crippen LogP contribution in [0.25, 0.3) is 0 Å². The Kier molecular flexibility index (Phi) is 3.39. The number of halogens is 1. The van der Waals surface area contributed by atoms with Gasteiger partial charge in [0.1, 0.15) is 0 Å². The highest BCUT2D eigenvalue weighted by Crippen LogP contribution is 2.25. The molecule has 0 radical (unpaired) electrons. The quantitative estimate of drug-likeness (QED) is 0.854. The Bertz CT molecular complexity index is 743. The maximum absolute atomic E-state index is 11.7. The van der Waals surface area contributed by atoms with Crippen LogP contribution in [0.4, 0.5) is 5.69 Å². The lowest BCUT2D eigenvalue weighted by molar-refractivity contribution is 0.0879. The zero-order valence-electron chi connectivity index (χ0n) is 11.3. The minimum atomic E-state index is -0.353. The maximum atomic E-state index is 11.7. The lowest BCUT2D eigenvalue weighted by Crippen LogP contribution is -2.19. The van der Waals surface area contributed by atoms with Crippen LogP contribution in [-0.2, 0) is 0 Å². The molecule has 0 bridgehead atoms. The lowest BCUT2D eigenvalue weighted by Gasteiger charge is -2.16. The summed E-state index contributed by atoms with van der Waals surface area (Å²) in [6, 6.07) is 12.8. The average Bonchev–Trinajstić information content (AvgIpc) is 2.74. The third-order valence-electron chi connectivity index (χ3n) is 3.47. The van der Waals surface area contributed by atoms with Gasteiger partial charge in [0, 0.05) is 16.8 Å². The van der Waals surface area contributed by atoms with Gasteiger partial charge in [-0.15, -0.1) is 0 Å². The first-order chi connectivity index (χ1) is 10.0. The van der Waals surface area contributed by atoms with Crippen LogP contribution in [0.5, 0.6) is 0 Å². The predicted octanol–water partition coefficient (Wildman–Crippen LogP) is 3.40. The molecule has 1 unspecified atom stereocenters. The fourth-order valence-corrected chi connectivity index (χ4v) is 2.57. The van der Waals surface area contributed by atoms with Gasteiger partial charge >= 0.3 is 0 Å². The first-order valence-electron chi connectivity index (χ1n) is 6.56. The minimum absolute atomic E-state index is 0.0296. The van der Waals surface area contributed by atoms with Crippen molar-refractivity contribution in [2.24, 2.45) is 0 Å². The molecule has 1 aliphatic heterocycles. The number of rotatable bonds is 3. The van der Waals surface area contributed by atoms with Crippen LogP contribution in [0.15, 0.2) is 42.5 Å². The third kappa shape index (κ3) is 2.62. The normalized spacial score (nSPS) is 14.6. The first kappa shape index (κ1) is 13.6. The summed E-state index contributed by atoms with van der Waals surface area (Å²) in [6.45, 7) is 2.00. The number of anilines is 1. The van der Waals surface area contributed by atoms with E-state index in [1.54, 1.807) is 18.2 Å². The molecule has 21 heavy (non-hydrogen) atoms. The standard InChI is InChI=1S/C16H13ClN2O2/c1-9(10-3-2-4-11(17)7-10)18-12-5-6-13-14(8-12)16(21)19-15(13)20/h2-9,18H,1H3,(H,19,20,21). The van der Waals surface area contributed by atoms with E-state index in [-0.39, 0.29) is 17.9 Å². The number of hydrogen-bond acceptors (Lipinski definition) is 3. The fraction of sp³-hybridized carbons (Fsp3) is 0.125. The van der Waals surface area contributed by atoms with E-state index in [4.69, 9.17) is 11.6 Å². The highest BCUT2D eigenvalue weighted by molar-refractivity contribution is 6.30. The number of hydrogen-bond donors (Lipinski definition) is 2. The van der Waals surface area contributed by atoms with Crippen molar-refractivity contribution in [3.05, 3.63) is 64.2 Å². The molecule has 5 heteroatoms. The Hall–Kier alpha value is -2.33. The van der Waals surface area contributed by atoms with Crippen molar-refractivity contribution in [3.8, 4) is 0 Å². The van der Waals surface area contributed by atoms with Crippen LogP contribution in [-0.4, -0.2) is 11.8 Å². The van der Waals surface area contributed by atoms with Crippen LogP contribution in [0.1, 0.15) is 39.2 Å². The van der Waals surface area contributed by atoms with Crippen molar-refractivity contribution < 1.29 is 9.59 Å². The Morgan fingerprint density at radius 1 is 1.05 bits per heavy atom. The third-order valence-corrected chi connectivity index (χ3v) is 3.70. The molecule has 0 aliphatic carbocycles. The molecule has 2 amide bonds. The van der Waals surface area contributed by atoms with E-state index in [2.05, 4.69) is 10.6 Å². The molecule has 0 fully saturated rings. The molecule has 3 rings (SSSR count). The number of carbonyl (C=O) groups excluding carboxylic acids is 2. The summed E-state index contributed by atoms with van der Waals surface area (Å²) in [6.07, 6.45) is 0. The van der Waals surface area contributed by atoms with E-state index < -0.39 is 0 Å². The van der Waals surface area contributed by atoms with Crippen molar-refractivity contribution in [1.82, 2.24) is 5.32 Å². The number of imide groups is 1. The van der Waals surface area contributed by atoms with Crippen LogP contribution < -0.4 is 10.6 Å². The molecule has 0 saturated carbocycles. The van der Waals surface area contributed by atoms with Crippen LogP contribution >= 0.6 is 11.6 Å². The smallest absolute Gasteiger partial charge is 0.259 e. The Balaban J connectivity index is 1.84. The van der Waals surface area contributed by atoms with Gasteiger partial charge in [-0.1, -0.05) is 23.7 Å². The second-order valence-electron chi connectivity index (χ2n) is 4.96. The zero-order valence-corrected chi connectivity index (χ0v) is 12.1. The molecule has 106 valence electrons. The summed E-state index contributed by atoms with van der Waals surface area (Å²) < 4.78 is 0. The summed E-state index contributed by atoms with van der Waals surface area (Å²) in [7, 11) is 0. The van der Waals surface area contributed by atoms with Gasteiger partial charge in [0.05, 0.1) is 11.1 Å². The molecule has 1 atom stereocenters. The van der Waals surface area contributed by atoms with Crippen molar-refractivity contribution in [2.45, 2.75) is 13.0 Å². The van der Waals surface area contributed by atoms with Gasteiger partial charge in [0.15, 0.2) is 0 Å². The second-order valence-corrected chi connectivity index (χ2v) is 5.40. The number of nitrogens with one attached hydrogen (secondary N) is 2. The molecule has 2 aromatic rings. The van der Waals surface area contributed by atoms with Gasteiger partial charge in [-0.05, 0) is 42.8 Å². The van der Waals surface area contributed by atoms with Crippen molar-refractivity contribution in [2.75, 3.05) is 5.32 Å².